The van der Waals surface area contributed by atoms with Gasteiger partial charge in [-0.2, -0.15) is 0 Å². The molecule has 0 saturated carbocycles. The Morgan fingerprint density at radius 1 is 1.03 bits per heavy atom. The molecule has 0 radical (unpaired) electrons. The largest absolute Gasteiger partial charge is 0.484 e. The van der Waals surface area contributed by atoms with E-state index in [0.717, 1.165) is 17.7 Å². The summed E-state index contributed by atoms with van der Waals surface area (Å²) in [7, 11) is 0. The van der Waals surface area contributed by atoms with Crippen LogP contribution in [0.15, 0.2) is 53.7 Å². The van der Waals surface area contributed by atoms with Gasteiger partial charge in [-0.05, 0) is 48.6 Å². The van der Waals surface area contributed by atoms with Crippen LogP contribution in [0.3, 0.4) is 0 Å². The Labute approximate surface area is 210 Å². The molecule has 35 heavy (non-hydrogen) atoms. The Kier molecular flexibility index (Phi) is 9.72. The number of anilines is 1. The normalized spacial score (nSPS) is 10.9. The van der Waals surface area contributed by atoms with Crippen molar-refractivity contribution in [3.8, 4) is 5.75 Å². The fraction of sp³-hybridized carbons (Fsp3) is 0.385. The van der Waals surface area contributed by atoms with Gasteiger partial charge in [0.15, 0.2) is 17.6 Å². The molecule has 0 spiro atoms. The number of hydrogen-bond donors (Lipinski definition) is 2. The highest BCUT2D eigenvalue weighted by Gasteiger charge is 2.15. The van der Waals surface area contributed by atoms with Gasteiger partial charge in [0.1, 0.15) is 5.75 Å². The van der Waals surface area contributed by atoms with Crippen molar-refractivity contribution < 1.29 is 14.3 Å². The topological polar surface area (TPSA) is 98.1 Å². The Morgan fingerprint density at radius 3 is 2.46 bits per heavy atom. The lowest BCUT2D eigenvalue weighted by Gasteiger charge is -2.11. The molecule has 2 amide bonds. The molecule has 1 heterocycles. The minimum absolute atomic E-state index is 0.0811. The molecule has 2 aromatic carbocycles. The van der Waals surface area contributed by atoms with Crippen molar-refractivity contribution in [2.45, 2.75) is 58.3 Å². The van der Waals surface area contributed by atoms with Crippen molar-refractivity contribution in [2.75, 3.05) is 17.7 Å². The number of thioether (sulfide) groups is 1. The number of para-hydroxylation sites is 1. The molecule has 9 heteroatoms. The summed E-state index contributed by atoms with van der Waals surface area (Å²) in [4.78, 5) is 24.7. The summed E-state index contributed by atoms with van der Waals surface area (Å²) in [6, 6.07) is 15.5. The monoisotopic (exact) mass is 495 g/mol. The van der Waals surface area contributed by atoms with E-state index in [1.54, 1.807) is 0 Å². The van der Waals surface area contributed by atoms with Gasteiger partial charge in [-0.25, -0.2) is 0 Å². The summed E-state index contributed by atoms with van der Waals surface area (Å²) in [6.45, 7) is 9.06. The smallest absolute Gasteiger partial charge is 0.258 e. The van der Waals surface area contributed by atoms with E-state index in [0.29, 0.717) is 29.2 Å². The molecular formula is C26H33N5O3S. The van der Waals surface area contributed by atoms with Crippen molar-refractivity contribution in [1.82, 2.24) is 20.1 Å². The van der Waals surface area contributed by atoms with Gasteiger partial charge in [0.25, 0.3) is 5.91 Å². The molecule has 0 unspecified atom stereocenters. The number of aromatic nitrogens is 3. The zero-order valence-electron chi connectivity index (χ0n) is 20.7. The van der Waals surface area contributed by atoms with Crippen molar-refractivity contribution in [2.24, 2.45) is 0 Å². The van der Waals surface area contributed by atoms with E-state index in [1.807, 2.05) is 60.0 Å². The highest BCUT2D eigenvalue weighted by Crippen LogP contribution is 2.20. The van der Waals surface area contributed by atoms with Crippen LogP contribution in [0, 0.1) is 0 Å². The molecule has 0 fully saturated rings. The minimum atomic E-state index is -0.244. The molecule has 0 aliphatic heterocycles. The zero-order chi connectivity index (χ0) is 25.2. The Hall–Kier alpha value is -3.33. The third-order valence-corrected chi connectivity index (χ3v) is 6.44. The molecule has 0 aliphatic carbocycles. The number of amides is 2. The molecular weight excluding hydrogens is 462 g/mol. The molecule has 186 valence electrons. The SMILES string of the molecule is CCc1ccccc1NC(=O)CSc1nnc(CNC(=O)COc2ccc(C(C)C)cc2)n1CC. The van der Waals surface area contributed by atoms with Crippen LogP contribution in [0.25, 0.3) is 0 Å². The van der Waals surface area contributed by atoms with Crippen LogP contribution >= 0.6 is 11.8 Å². The lowest BCUT2D eigenvalue weighted by Crippen LogP contribution is -2.29. The molecule has 3 rings (SSSR count). The van der Waals surface area contributed by atoms with Crippen molar-refractivity contribution in [3.05, 3.63) is 65.5 Å². The fourth-order valence-corrected chi connectivity index (χ4v) is 4.29. The maximum absolute atomic E-state index is 12.5. The maximum Gasteiger partial charge on any atom is 0.258 e. The third-order valence-electron chi connectivity index (χ3n) is 5.47. The quantitative estimate of drug-likeness (QED) is 0.361. The van der Waals surface area contributed by atoms with Gasteiger partial charge in [0.05, 0.1) is 12.3 Å². The van der Waals surface area contributed by atoms with E-state index in [-0.39, 0.29) is 30.7 Å². The number of benzene rings is 2. The van der Waals surface area contributed by atoms with E-state index in [2.05, 4.69) is 41.6 Å². The average Bonchev–Trinajstić information content (AvgIpc) is 3.27. The molecule has 2 N–H and O–H groups in total. The minimum Gasteiger partial charge on any atom is -0.484 e. The number of nitrogens with one attached hydrogen (secondary N) is 2. The van der Waals surface area contributed by atoms with Gasteiger partial charge in [0.2, 0.25) is 5.91 Å². The van der Waals surface area contributed by atoms with Crippen LogP contribution in [0.5, 0.6) is 5.75 Å². The summed E-state index contributed by atoms with van der Waals surface area (Å²) in [5.74, 6) is 1.59. The summed E-state index contributed by atoms with van der Waals surface area (Å²) < 4.78 is 7.47. The molecule has 0 bridgehead atoms. The van der Waals surface area contributed by atoms with Crippen LogP contribution in [0.1, 0.15) is 50.6 Å². The van der Waals surface area contributed by atoms with Crippen LogP contribution < -0.4 is 15.4 Å². The van der Waals surface area contributed by atoms with E-state index in [9.17, 15) is 9.59 Å². The summed E-state index contributed by atoms with van der Waals surface area (Å²) in [5, 5.41) is 14.8. The van der Waals surface area contributed by atoms with Crippen LogP contribution in [0.4, 0.5) is 5.69 Å². The lowest BCUT2D eigenvalue weighted by molar-refractivity contribution is -0.123. The number of carbonyl (C=O) groups excluding carboxylic acids is 2. The van der Waals surface area contributed by atoms with Gasteiger partial charge < -0.3 is 19.9 Å². The third kappa shape index (κ3) is 7.58. The van der Waals surface area contributed by atoms with Crippen LogP contribution in [0.2, 0.25) is 0 Å². The number of ether oxygens (including phenoxy) is 1. The second-order valence-electron chi connectivity index (χ2n) is 8.28. The van der Waals surface area contributed by atoms with Crippen molar-refractivity contribution in [3.63, 3.8) is 0 Å². The second kappa shape index (κ2) is 12.9. The van der Waals surface area contributed by atoms with Crippen LogP contribution in [-0.4, -0.2) is 38.9 Å². The molecule has 3 aromatic rings. The van der Waals surface area contributed by atoms with E-state index in [1.165, 1.54) is 17.3 Å². The molecule has 1 aromatic heterocycles. The highest BCUT2D eigenvalue weighted by atomic mass is 32.2. The fourth-order valence-electron chi connectivity index (χ4n) is 3.47. The summed E-state index contributed by atoms with van der Waals surface area (Å²) in [6.07, 6.45) is 0.846. The number of aryl methyl sites for hydroxylation is 1. The first-order valence-electron chi connectivity index (χ1n) is 11.8. The zero-order valence-corrected chi connectivity index (χ0v) is 21.5. The average molecular weight is 496 g/mol. The number of carbonyl (C=O) groups is 2. The molecule has 0 saturated heterocycles. The van der Waals surface area contributed by atoms with E-state index < -0.39 is 0 Å². The first kappa shape index (κ1) is 26.3. The number of rotatable bonds is 12. The number of nitrogens with zero attached hydrogens (tertiary/aromatic N) is 3. The van der Waals surface area contributed by atoms with Gasteiger partial charge >= 0.3 is 0 Å². The Balaban J connectivity index is 1.48. The van der Waals surface area contributed by atoms with E-state index >= 15 is 0 Å². The molecule has 8 nitrogen and oxygen atoms in total. The highest BCUT2D eigenvalue weighted by molar-refractivity contribution is 7.99. The van der Waals surface area contributed by atoms with Gasteiger partial charge in [-0.1, -0.05) is 62.9 Å². The summed E-state index contributed by atoms with van der Waals surface area (Å²) >= 11 is 1.32. The van der Waals surface area contributed by atoms with Gasteiger partial charge in [-0.3, -0.25) is 9.59 Å². The summed E-state index contributed by atoms with van der Waals surface area (Å²) in [5.41, 5.74) is 3.15. The maximum atomic E-state index is 12.5. The van der Waals surface area contributed by atoms with Crippen molar-refractivity contribution in [1.29, 1.82) is 0 Å². The number of hydrogen-bond acceptors (Lipinski definition) is 6. The molecule has 0 aliphatic rings. The van der Waals surface area contributed by atoms with Crippen molar-refractivity contribution >= 4 is 29.3 Å². The van der Waals surface area contributed by atoms with Gasteiger partial charge in [0, 0.05) is 12.2 Å². The predicted molar refractivity (Wildman–Crippen MR) is 139 cm³/mol. The second-order valence-corrected chi connectivity index (χ2v) is 9.22. The van der Waals surface area contributed by atoms with Crippen LogP contribution in [-0.2, 0) is 29.1 Å². The first-order chi connectivity index (χ1) is 16.9. The standard InChI is InChI=1S/C26H33N5O3S/c1-5-19-9-7-8-10-22(19)28-25(33)17-35-26-30-29-23(31(26)6-2)15-27-24(32)16-34-21-13-11-20(12-14-21)18(3)4/h7-14,18H,5-6,15-17H2,1-4H3,(H,27,32)(H,28,33). The molecule has 0 atom stereocenters. The lowest BCUT2D eigenvalue weighted by atomic mass is 10.0. The Morgan fingerprint density at radius 2 is 1.77 bits per heavy atom. The predicted octanol–water partition coefficient (Wildman–Crippen LogP) is 4.41. The first-order valence-corrected chi connectivity index (χ1v) is 12.8. The Bertz CT molecular complexity index is 1130. The van der Waals surface area contributed by atoms with E-state index in [4.69, 9.17) is 4.74 Å². The van der Waals surface area contributed by atoms with Gasteiger partial charge in [-0.15, -0.1) is 10.2 Å².